The Morgan fingerprint density at radius 2 is 1.93 bits per heavy atom. The lowest BCUT2D eigenvalue weighted by Crippen LogP contribution is -2.44. The maximum atomic E-state index is 13.0. The highest BCUT2D eigenvalue weighted by Crippen LogP contribution is 2.32. The lowest BCUT2D eigenvalue weighted by atomic mass is 10.1. The van der Waals surface area contributed by atoms with Crippen LogP contribution in [0.4, 0.5) is 0 Å². The van der Waals surface area contributed by atoms with Crippen molar-refractivity contribution in [3.63, 3.8) is 0 Å². The number of carbonyl (C=O) groups excluding carboxylic acids is 2. The number of amides is 2. The fourth-order valence-electron chi connectivity index (χ4n) is 4.68. The van der Waals surface area contributed by atoms with Crippen LogP contribution in [-0.2, 0) is 4.79 Å². The number of rotatable bonds is 4. The van der Waals surface area contributed by atoms with Crippen LogP contribution in [0.3, 0.4) is 0 Å². The van der Waals surface area contributed by atoms with Gasteiger partial charge in [-0.1, -0.05) is 0 Å². The molecule has 0 spiro atoms. The second-order valence-electron chi connectivity index (χ2n) is 8.49. The van der Waals surface area contributed by atoms with Gasteiger partial charge in [-0.25, -0.2) is 0 Å². The Morgan fingerprint density at radius 1 is 1.04 bits per heavy atom. The van der Waals surface area contributed by atoms with Crippen molar-refractivity contribution < 1.29 is 9.59 Å². The number of aromatic amines is 1. The van der Waals surface area contributed by atoms with Gasteiger partial charge in [0.25, 0.3) is 5.91 Å². The highest BCUT2D eigenvalue weighted by Gasteiger charge is 2.38. The number of likely N-dealkylation sites (tertiary alicyclic amines) is 1. The Kier molecular flexibility index (Phi) is 4.59. The number of aromatic nitrogens is 1. The van der Waals surface area contributed by atoms with E-state index in [4.69, 9.17) is 0 Å². The zero-order valence-electron chi connectivity index (χ0n) is 16.3. The van der Waals surface area contributed by atoms with Crippen LogP contribution in [-0.4, -0.2) is 76.8 Å². The predicted octanol–water partition coefficient (Wildman–Crippen LogP) is 2.33. The van der Waals surface area contributed by atoms with Crippen molar-refractivity contribution in [3.8, 4) is 0 Å². The summed E-state index contributed by atoms with van der Waals surface area (Å²) in [4.78, 5) is 35.3. The van der Waals surface area contributed by atoms with Crippen LogP contribution in [0.15, 0.2) is 30.5 Å². The average Bonchev–Trinajstić information content (AvgIpc) is 3.36. The van der Waals surface area contributed by atoms with Crippen LogP contribution in [0.25, 0.3) is 10.9 Å². The molecule has 3 heterocycles. The van der Waals surface area contributed by atoms with Gasteiger partial charge in [0.1, 0.15) is 0 Å². The molecule has 0 radical (unpaired) electrons. The van der Waals surface area contributed by atoms with Crippen molar-refractivity contribution in [2.24, 2.45) is 5.92 Å². The topological polar surface area (TPSA) is 59.7 Å². The number of hydrogen-bond acceptors (Lipinski definition) is 3. The molecule has 1 atom stereocenters. The maximum absolute atomic E-state index is 13.0. The van der Waals surface area contributed by atoms with Crippen molar-refractivity contribution in [2.45, 2.75) is 31.7 Å². The predicted molar refractivity (Wildman–Crippen MR) is 108 cm³/mol. The Hall–Kier alpha value is -2.34. The van der Waals surface area contributed by atoms with Crippen LogP contribution in [0, 0.1) is 5.92 Å². The van der Waals surface area contributed by atoms with Gasteiger partial charge < -0.3 is 14.8 Å². The van der Waals surface area contributed by atoms with E-state index in [0.717, 1.165) is 67.9 Å². The van der Waals surface area contributed by atoms with Crippen LogP contribution in [0.2, 0.25) is 0 Å². The molecule has 3 aliphatic rings. The molecule has 1 aromatic carbocycles. The van der Waals surface area contributed by atoms with E-state index in [1.807, 2.05) is 35.4 Å². The molecule has 6 nitrogen and oxygen atoms in total. The van der Waals surface area contributed by atoms with Crippen molar-refractivity contribution in [3.05, 3.63) is 36.0 Å². The lowest BCUT2D eigenvalue weighted by Gasteiger charge is -2.26. The van der Waals surface area contributed by atoms with Gasteiger partial charge in [0.15, 0.2) is 0 Å². The van der Waals surface area contributed by atoms with Crippen molar-refractivity contribution in [1.82, 2.24) is 19.7 Å². The molecular formula is C22H28N4O2. The summed E-state index contributed by atoms with van der Waals surface area (Å²) in [6.07, 6.45) is 6.32. The zero-order valence-corrected chi connectivity index (χ0v) is 16.3. The van der Waals surface area contributed by atoms with E-state index in [2.05, 4.69) is 14.8 Å². The standard InChI is InChI=1S/C22H28N4O2/c27-21(18-4-5-19-17(14-18)6-8-23-19)25-10-1-9-24(12-13-25)20-7-11-26(22(20)28)15-16-2-3-16/h4-6,8,14,16,20,23H,1-3,7,9-13,15H2. The van der Waals surface area contributed by atoms with Gasteiger partial charge >= 0.3 is 0 Å². The third kappa shape index (κ3) is 3.41. The summed E-state index contributed by atoms with van der Waals surface area (Å²) in [5.74, 6) is 1.15. The highest BCUT2D eigenvalue weighted by atomic mass is 16.2. The Bertz CT molecular complexity index is 888. The smallest absolute Gasteiger partial charge is 0.253 e. The highest BCUT2D eigenvalue weighted by molar-refractivity contribution is 5.98. The summed E-state index contributed by atoms with van der Waals surface area (Å²) in [5.41, 5.74) is 1.79. The lowest BCUT2D eigenvalue weighted by molar-refractivity contribution is -0.132. The molecule has 2 saturated heterocycles. The summed E-state index contributed by atoms with van der Waals surface area (Å²) in [6, 6.07) is 7.85. The maximum Gasteiger partial charge on any atom is 0.253 e. The van der Waals surface area contributed by atoms with E-state index < -0.39 is 0 Å². The number of nitrogens with zero attached hydrogens (tertiary/aromatic N) is 3. The van der Waals surface area contributed by atoms with E-state index in [0.29, 0.717) is 12.5 Å². The minimum Gasteiger partial charge on any atom is -0.361 e. The van der Waals surface area contributed by atoms with Crippen molar-refractivity contribution >= 4 is 22.7 Å². The fraction of sp³-hybridized carbons (Fsp3) is 0.545. The number of fused-ring (bicyclic) bond motifs is 1. The molecule has 1 unspecified atom stereocenters. The second kappa shape index (κ2) is 7.24. The van der Waals surface area contributed by atoms with Gasteiger partial charge in [-0.15, -0.1) is 0 Å². The van der Waals surface area contributed by atoms with Gasteiger partial charge in [0.2, 0.25) is 5.91 Å². The fourth-order valence-corrected chi connectivity index (χ4v) is 4.68. The van der Waals surface area contributed by atoms with Gasteiger partial charge in [-0.3, -0.25) is 14.5 Å². The van der Waals surface area contributed by atoms with E-state index in [-0.39, 0.29) is 11.9 Å². The van der Waals surface area contributed by atoms with Crippen LogP contribution in [0.1, 0.15) is 36.0 Å². The van der Waals surface area contributed by atoms with E-state index in [1.165, 1.54) is 12.8 Å². The van der Waals surface area contributed by atoms with Gasteiger partial charge in [0.05, 0.1) is 6.04 Å². The third-order valence-corrected chi connectivity index (χ3v) is 6.50. The molecule has 6 heteroatoms. The van der Waals surface area contributed by atoms with Crippen LogP contribution >= 0.6 is 0 Å². The van der Waals surface area contributed by atoms with E-state index >= 15 is 0 Å². The molecule has 3 fully saturated rings. The monoisotopic (exact) mass is 380 g/mol. The Morgan fingerprint density at radius 3 is 2.79 bits per heavy atom. The minimum absolute atomic E-state index is 0.0185. The average molecular weight is 380 g/mol. The number of hydrogen-bond donors (Lipinski definition) is 1. The van der Waals surface area contributed by atoms with Gasteiger partial charge in [0, 0.05) is 61.9 Å². The molecule has 1 saturated carbocycles. The number of benzene rings is 1. The zero-order chi connectivity index (χ0) is 19.1. The molecule has 2 aliphatic heterocycles. The Balaban J connectivity index is 1.22. The SMILES string of the molecule is O=C(c1ccc2[nH]ccc2c1)N1CCCN(C2CCN(CC3CC3)C2=O)CC1. The molecule has 5 rings (SSSR count). The summed E-state index contributed by atoms with van der Waals surface area (Å²) in [7, 11) is 0. The molecule has 1 aromatic heterocycles. The summed E-state index contributed by atoms with van der Waals surface area (Å²) in [5, 5.41) is 1.06. The first-order chi connectivity index (χ1) is 13.7. The normalized spacial score (nSPS) is 24.1. The number of carbonyl (C=O) groups is 2. The van der Waals surface area contributed by atoms with Gasteiger partial charge in [-0.2, -0.15) is 0 Å². The van der Waals surface area contributed by atoms with Crippen molar-refractivity contribution in [2.75, 3.05) is 39.3 Å². The van der Waals surface area contributed by atoms with E-state index in [9.17, 15) is 9.59 Å². The molecule has 1 N–H and O–H groups in total. The summed E-state index contributed by atoms with van der Waals surface area (Å²) < 4.78 is 0. The molecular weight excluding hydrogens is 352 g/mol. The first-order valence-electron chi connectivity index (χ1n) is 10.6. The molecule has 2 aromatic rings. The third-order valence-electron chi connectivity index (χ3n) is 6.50. The first kappa shape index (κ1) is 17.7. The number of nitrogens with one attached hydrogen (secondary N) is 1. The summed E-state index contributed by atoms with van der Waals surface area (Å²) in [6.45, 7) is 4.98. The largest absolute Gasteiger partial charge is 0.361 e. The second-order valence-corrected chi connectivity index (χ2v) is 8.49. The quantitative estimate of drug-likeness (QED) is 0.886. The molecule has 0 bridgehead atoms. The molecule has 2 amide bonds. The molecule has 1 aliphatic carbocycles. The van der Waals surface area contributed by atoms with E-state index in [1.54, 1.807) is 0 Å². The number of H-pyrrole nitrogens is 1. The first-order valence-corrected chi connectivity index (χ1v) is 10.6. The van der Waals surface area contributed by atoms with Crippen LogP contribution < -0.4 is 0 Å². The molecule has 28 heavy (non-hydrogen) atoms. The molecule has 148 valence electrons. The van der Waals surface area contributed by atoms with Gasteiger partial charge in [-0.05, 0) is 55.9 Å². The van der Waals surface area contributed by atoms with Crippen LogP contribution in [0.5, 0.6) is 0 Å². The minimum atomic E-state index is 0.0185. The Labute approximate surface area is 165 Å². The summed E-state index contributed by atoms with van der Waals surface area (Å²) >= 11 is 0. The van der Waals surface area contributed by atoms with Crippen molar-refractivity contribution in [1.29, 1.82) is 0 Å².